The number of para-hydroxylation sites is 1. The Bertz CT molecular complexity index is 834. The van der Waals surface area contributed by atoms with Crippen molar-refractivity contribution in [3.05, 3.63) is 46.8 Å². The van der Waals surface area contributed by atoms with Crippen LogP contribution in [-0.2, 0) is 4.79 Å². The van der Waals surface area contributed by atoms with Gasteiger partial charge in [-0.1, -0.05) is 12.1 Å². The molecule has 11 heteroatoms. The molecule has 0 unspecified atom stereocenters. The van der Waals surface area contributed by atoms with Gasteiger partial charge in [-0.25, -0.2) is 4.79 Å². The Labute approximate surface area is 150 Å². The van der Waals surface area contributed by atoms with Crippen LogP contribution in [0.5, 0.6) is 5.75 Å². The average molecular weight is 389 g/mol. The predicted octanol–water partition coefficient (Wildman–Crippen LogP) is 2.82. The summed E-state index contributed by atoms with van der Waals surface area (Å²) in [5.74, 6) is -3.33. The fraction of sp³-hybridized carbons (Fsp3) is 0.312. The van der Waals surface area contributed by atoms with Crippen LogP contribution in [0.25, 0.3) is 0 Å². The molecule has 1 aromatic heterocycles. The summed E-state index contributed by atoms with van der Waals surface area (Å²) in [4.78, 5) is 24.0. The Morgan fingerprint density at radius 1 is 1.26 bits per heavy atom. The lowest BCUT2D eigenvalue weighted by atomic mass is 10.0. The first kappa shape index (κ1) is 20.2. The number of nitrogens with zero attached hydrogens (tertiary/aromatic N) is 1. The van der Waals surface area contributed by atoms with Crippen molar-refractivity contribution in [3.63, 3.8) is 0 Å². The van der Waals surface area contributed by atoms with Crippen molar-refractivity contribution < 1.29 is 37.0 Å². The fourth-order valence-electron chi connectivity index (χ4n) is 2.39. The number of hydrogen-bond donors (Lipinski definition) is 3. The number of hydrogen-bond acceptors (Lipinski definition) is 4. The largest absolute Gasteiger partial charge is 0.479 e. The first-order chi connectivity index (χ1) is 12.5. The molecular weight excluding hydrogens is 374 g/mol. The van der Waals surface area contributed by atoms with E-state index in [1.54, 1.807) is 0 Å². The standard InChI is InChI=1S/C16H15F4N3O4/c1-7-11(8(2)23-22-7)12(14(25)26)21-13(24)9-5-3-4-6-10(9)27-16(19,20)15(17)18/h3-6,12,15H,1-2H3,(H,21,24)(H,22,23)(H,25,26)/t12-/m1/s1. The molecule has 0 radical (unpaired) electrons. The zero-order valence-corrected chi connectivity index (χ0v) is 14.1. The molecule has 7 nitrogen and oxygen atoms in total. The Morgan fingerprint density at radius 3 is 2.41 bits per heavy atom. The number of ether oxygens (including phenoxy) is 1. The van der Waals surface area contributed by atoms with Gasteiger partial charge in [0.15, 0.2) is 6.04 Å². The van der Waals surface area contributed by atoms with Crippen LogP contribution < -0.4 is 10.1 Å². The highest BCUT2D eigenvalue weighted by Crippen LogP contribution is 2.30. The van der Waals surface area contributed by atoms with E-state index in [0.29, 0.717) is 11.4 Å². The second kappa shape index (κ2) is 7.64. The molecule has 0 saturated heterocycles. The van der Waals surface area contributed by atoms with Crippen LogP contribution in [0, 0.1) is 13.8 Å². The van der Waals surface area contributed by atoms with Crippen LogP contribution in [0.1, 0.15) is 33.4 Å². The SMILES string of the molecule is Cc1n[nH]c(C)c1[C@@H](NC(=O)c1ccccc1OC(F)(F)C(F)F)C(=O)O. The molecule has 0 aliphatic carbocycles. The third-order valence-corrected chi connectivity index (χ3v) is 3.63. The van der Waals surface area contributed by atoms with Gasteiger partial charge in [0.25, 0.3) is 5.91 Å². The third kappa shape index (κ3) is 4.36. The molecule has 1 atom stereocenters. The molecule has 0 saturated carbocycles. The summed E-state index contributed by atoms with van der Waals surface area (Å²) in [5.41, 5.74) is 0.359. The van der Waals surface area contributed by atoms with Gasteiger partial charge in [0.2, 0.25) is 0 Å². The van der Waals surface area contributed by atoms with Crippen LogP contribution in [-0.4, -0.2) is 39.7 Å². The van der Waals surface area contributed by atoms with Crippen molar-refractivity contribution >= 4 is 11.9 Å². The van der Waals surface area contributed by atoms with Gasteiger partial charge in [-0.15, -0.1) is 0 Å². The van der Waals surface area contributed by atoms with Crippen molar-refractivity contribution in [1.82, 2.24) is 15.5 Å². The number of rotatable bonds is 7. The first-order valence-corrected chi connectivity index (χ1v) is 7.53. The summed E-state index contributed by atoms with van der Waals surface area (Å²) in [6.45, 7) is 3.05. The number of aliphatic carboxylic acids is 1. The van der Waals surface area contributed by atoms with Gasteiger partial charge in [0.1, 0.15) is 5.75 Å². The molecule has 0 spiro atoms. The molecule has 0 fully saturated rings. The first-order valence-electron chi connectivity index (χ1n) is 7.53. The van der Waals surface area contributed by atoms with Gasteiger partial charge in [-0.2, -0.15) is 22.7 Å². The minimum Gasteiger partial charge on any atom is -0.479 e. The van der Waals surface area contributed by atoms with E-state index in [9.17, 15) is 32.3 Å². The highest BCUT2D eigenvalue weighted by Gasteiger charge is 2.44. The van der Waals surface area contributed by atoms with Gasteiger partial charge < -0.3 is 15.2 Å². The van der Waals surface area contributed by atoms with Gasteiger partial charge >= 0.3 is 18.5 Å². The molecule has 0 aliphatic heterocycles. The molecule has 0 bridgehead atoms. The highest BCUT2D eigenvalue weighted by atomic mass is 19.3. The number of benzene rings is 1. The maximum Gasteiger partial charge on any atom is 0.461 e. The van der Waals surface area contributed by atoms with E-state index in [-0.39, 0.29) is 5.56 Å². The lowest BCUT2D eigenvalue weighted by Gasteiger charge is -2.20. The summed E-state index contributed by atoms with van der Waals surface area (Å²) in [6.07, 6.45) is -8.93. The van der Waals surface area contributed by atoms with Gasteiger partial charge in [0.05, 0.1) is 11.3 Å². The van der Waals surface area contributed by atoms with Crippen molar-refractivity contribution in [2.45, 2.75) is 32.4 Å². The number of H-pyrrole nitrogens is 1. The average Bonchev–Trinajstić information content (AvgIpc) is 2.91. The van der Waals surface area contributed by atoms with Crippen LogP contribution >= 0.6 is 0 Å². The number of carboxylic acids is 1. The number of carboxylic acid groups (broad SMARTS) is 1. The van der Waals surface area contributed by atoms with Gasteiger partial charge in [-0.3, -0.25) is 9.89 Å². The van der Waals surface area contributed by atoms with Crippen molar-refractivity contribution in [1.29, 1.82) is 0 Å². The van der Waals surface area contributed by atoms with Crippen molar-refractivity contribution in [3.8, 4) is 5.75 Å². The van der Waals surface area contributed by atoms with E-state index in [0.717, 1.165) is 12.1 Å². The highest BCUT2D eigenvalue weighted by molar-refractivity contribution is 5.99. The number of carbonyl (C=O) groups excluding carboxylic acids is 1. The summed E-state index contributed by atoms with van der Waals surface area (Å²) in [6, 6.07) is 2.88. The molecule has 2 rings (SSSR count). The summed E-state index contributed by atoms with van der Waals surface area (Å²) >= 11 is 0. The molecule has 1 heterocycles. The fourth-order valence-corrected chi connectivity index (χ4v) is 2.39. The van der Waals surface area contributed by atoms with Crippen LogP contribution in [0.15, 0.2) is 24.3 Å². The molecule has 27 heavy (non-hydrogen) atoms. The number of aromatic amines is 1. The zero-order chi connectivity index (χ0) is 20.4. The summed E-state index contributed by atoms with van der Waals surface area (Å²) in [7, 11) is 0. The van der Waals surface area contributed by atoms with Crippen LogP contribution in [0.3, 0.4) is 0 Å². The van der Waals surface area contributed by atoms with Crippen LogP contribution in [0.4, 0.5) is 17.6 Å². The Kier molecular flexibility index (Phi) is 5.72. The van der Waals surface area contributed by atoms with Crippen molar-refractivity contribution in [2.75, 3.05) is 0 Å². The van der Waals surface area contributed by atoms with E-state index in [1.165, 1.54) is 26.0 Å². The van der Waals surface area contributed by atoms with E-state index >= 15 is 0 Å². The smallest absolute Gasteiger partial charge is 0.461 e. The normalized spacial score (nSPS) is 12.7. The number of nitrogens with one attached hydrogen (secondary N) is 2. The monoisotopic (exact) mass is 389 g/mol. The van der Waals surface area contributed by atoms with Crippen LogP contribution in [0.2, 0.25) is 0 Å². The van der Waals surface area contributed by atoms with E-state index in [2.05, 4.69) is 20.3 Å². The van der Waals surface area contributed by atoms with Gasteiger partial charge in [-0.05, 0) is 26.0 Å². The van der Waals surface area contributed by atoms with Crippen molar-refractivity contribution in [2.24, 2.45) is 0 Å². The molecule has 146 valence electrons. The second-order valence-corrected chi connectivity index (χ2v) is 5.55. The molecular formula is C16H15F4N3O4. The number of alkyl halides is 4. The number of carbonyl (C=O) groups is 2. The maximum absolute atomic E-state index is 13.2. The van der Waals surface area contributed by atoms with Gasteiger partial charge in [0, 0.05) is 11.3 Å². The molecule has 2 aromatic rings. The Balaban J connectivity index is 2.34. The van der Waals surface area contributed by atoms with E-state index < -0.39 is 41.8 Å². The topological polar surface area (TPSA) is 104 Å². The summed E-state index contributed by atoms with van der Waals surface area (Å²) in [5, 5.41) is 18.0. The number of aryl methyl sites for hydroxylation is 2. The quantitative estimate of drug-likeness (QED) is 0.632. The number of halogens is 4. The lowest BCUT2D eigenvalue weighted by Crippen LogP contribution is -2.36. The van der Waals surface area contributed by atoms with E-state index in [4.69, 9.17) is 0 Å². The molecule has 1 aromatic carbocycles. The van der Waals surface area contributed by atoms with E-state index in [1.807, 2.05) is 0 Å². The number of amides is 1. The Morgan fingerprint density at radius 2 is 1.89 bits per heavy atom. The third-order valence-electron chi connectivity index (χ3n) is 3.63. The minimum atomic E-state index is -4.82. The molecule has 3 N–H and O–H groups in total. The zero-order valence-electron chi connectivity index (χ0n) is 14.1. The minimum absolute atomic E-state index is 0.187. The molecule has 0 aliphatic rings. The molecule has 1 amide bonds. The predicted molar refractivity (Wildman–Crippen MR) is 83.9 cm³/mol. The lowest BCUT2D eigenvalue weighted by molar-refractivity contribution is -0.253. The number of aromatic nitrogens is 2. The maximum atomic E-state index is 13.2. The second-order valence-electron chi connectivity index (χ2n) is 5.55. The Hall–Kier alpha value is -3.11. The summed E-state index contributed by atoms with van der Waals surface area (Å²) < 4.78 is 55.1.